The summed E-state index contributed by atoms with van der Waals surface area (Å²) in [6.07, 6.45) is 6.77. The molecule has 0 bridgehead atoms. The third-order valence-corrected chi connectivity index (χ3v) is 7.19. The highest BCUT2D eigenvalue weighted by Crippen LogP contribution is 2.39. The summed E-state index contributed by atoms with van der Waals surface area (Å²) in [4.78, 5) is 0. The Morgan fingerprint density at radius 1 is 0.600 bits per heavy atom. The van der Waals surface area contributed by atoms with E-state index in [1.807, 2.05) is 51.6 Å². The van der Waals surface area contributed by atoms with Crippen LogP contribution in [0.4, 0.5) is 4.39 Å². The molecule has 0 atom stereocenters. The van der Waals surface area contributed by atoms with Crippen molar-refractivity contribution in [1.29, 1.82) is 0 Å². The normalized spacial score (nSPS) is 13.7. The van der Waals surface area contributed by atoms with Crippen LogP contribution in [0.2, 0.25) is 0 Å². The number of aryl methyl sites for hydroxylation is 4. The van der Waals surface area contributed by atoms with Gasteiger partial charge in [-0.15, -0.1) is 0 Å². The SMILES string of the molecule is CC(C)(C)n1ccc(C2CC2)n1.Cc1cc(C)n(C(C)(C)C)n1.Cc1ccn(C(C)(C)C)n1.Cc1nn(C(C)(C)C)c(C)c1F. The average Bonchev–Trinajstić information content (AvgIpc) is 3.16. The Labute approximate surface area is 272 Å². The molecule has 1 saturated carbocycles. The fourth-order valence-corrected chi connectivity index (χ4v) is 4.68. The third kappa shape index (κ3) is 11.3. The minimum atomic E-state index is -0.190. The van der Waals surface area contributed by atoms with Gasteiger partial charge in [0.05, 0.1) is 50.6 Å². The first kappa shape index (κ1) is 38.0. The van der Waals surface area contributed by atoms with Crippen molar-refractivity contribution in [3.63, 3.8) is 0 Å². The number of hydrogen-bond donors (Lipinski definition) is 0. The Hall–Kier alpha value is -3.23. The first-order chi connectivity index (χ1) is 20.3. The van der Waals surface area contributed by atoms with Gasteiger partial charge in [0.15, 0.2) is 5.82 Å². The summed E-state index contributed by atoms with van der Waals surface area (Å²) in [5.41, 5.74) is 5.99. The lowest BCUT2D eigenvalue weighted by Crippen LogP contribution is -2.24. The highest BCUT2D eigenvalue weighted by Gasteiger charge is 2.27. The Kier molecular flexibility index (Phi) is 11.8. The minimum absolute atomic E-state index is 0.109. The zero-order valence-electron chi connectivity index (χ0n) is 31.3. The molecule has 0 aromatic carbocycles. The molecular formula is C36H61FN8. The molecule has 9 heteroatoms. The van der Waals surface area contributed by atoms with Crippen molar-refractivity contribution in [3.8, 4) is 0 Å². The van der Waals surface area contributed by atoms with Crippen LogP contribution >= 0.6 is 0 Å². The van der Waals surface area contributed by atoms with Gasteiger partial charge in [0, 0.05) is 24.0 Å². The van der Waals surface area contributed by atoms with E-state index >= 15 is 0 Å². The Bertz CT molecular complexity index is 1500. The van der Waals surface area contributed by atoms with Gasteiger partial charge >= 0.3 is 0 Å². The van der Waals surface area contributed by atoms with Gasteiger partial charge in [-0.2, -0.15) is 20.4 Å². The van der Waals surface area contributed by atoms with E-state index in [1.165, 1.54) is 24.2 Å². The van der Waals surface area contributed by atoms with Crippen LogP contribution in [0.5, 0.6) is 0 Å². The van der Waals surface area contributed by atoms with Gasteiger partial charge in [-0.05, 0) is 149 Å². The maximum absolute atomic E-state index is 13.2. The molecular weight excluding hydrogens is 563 g/mol. The van der Waals surface area contributed by atoms with Crippen LogP contribution in [-0.2, 0) is 22.2 Å². The quantitative estimate of drug-likeness (QED) is 0.212. The van der Waals surface area contributed by atoms with E-state index in [0.717, 1.165) is 17.3 Å². The van der Waals surface area contributed by atoms with Crippen LogP contribution < -0.4 is 0 Å². The molecule has 0 unspecified atom stereocenters. The van der Waals surface area contributed by atoms with Crippen molar-refractivity contribution < 1.29 is 4.39 Å². The average molecular weight is 625 g/mol. The molecule has 5 rings (SSSR count). The van der Waals surface area contributed by atoms with Crippen LogP contribution in [0.1, 0.15) is 136 Å². The number of halogens is 1. The molecule has 1 aliphatic carbocycles. The summed E-state index contributed by atoms with van der Waals surface area (Å²) in [6.45, 7) is 35.0. The second-order valence-corrected chi connectivity index (χ2v) is 16.3. The maximum Gasteiger partial charge on any atom is 0.166 e. The van der Waals surface area contributed by atoms with Crippen LogP contribution in [0.15, 0.2) is 30.6 Å². The van der Waals surface area contributed by atoms with Crippen molar-refractivity contribution in [2.45, 2.75) is 159 Å². The van der Waals surface area contributed by atoms with Gasteiger partial charge in [-0.25, -0.2) is 4.39 Å². The molecule has 0 radical (unpaired) electrons. The summed E-state index contributed by atoms with van der Waals surface area (Å²) in [7, 11) is 0. The summed E-state index contributed by atoms with van der Waals surface area (Å²) < 4.78 is 21.0. The summed E-state index contributed by atoms with van der Waals surface area (Å²) in [5.74, 6) is 0.582. The Morgan fingerprint density at radius 3 is 1.33 bits per heavy atom. The predicted molar refractivity (Wildman–Crippen MR) is 185 cm³/mol. The van der Waals surface area contributed by atoms with E-state index in [2.05, 4.69) is 117 Å². The lowest BCUT2D eigenvalue weighted by Gasteiger charge is -2.21. The molecule has 8 nitrogen and oxygen atoms in total. The van der Waals surface area contributed by atoms with Crippen molar-refractivity contribution in [1.82, 2.24) is 39.1 Å². The van der Waals surface area contributed by atoms with Gasteiger partial charge in [0.1, 0.15) is 0 Å². The monoisotopic (exact) mass is 625 g/mol. The largest absolute Gasteiger partial charge is 0.267 e. The smallest absolute Gasteiger partial charge is 0.166 e. The minimum Gasteiger partial charge on any atom is -0.267 e. The molecule has 1 aliphatic rings. The first-order valence-electron chi connectivity index (χ1n) is 16.2. The Morgan fingerprint density at radius 2 is 1.09 bits per heavy atom. The maximum atomic E-state index is 13.2. The molecule has 4 aromatic rings. The van der Waals surface area contributed by atoms with Gasteiger partial charge in [-0.3, -0.25) is 18.7 Å². The fraction of sp³-hybridized carbons (Fsp3) is 0.667. The van der Waals surface area contributed by atoms with Crippen LogP contribution in [0, 0.1) is 40.4 Å². The van der Waals surface area contributed by atoms with Gasteiger partial charge in [0.2, 0.25) is 0 Å². The highest BCUT2D eigenvalue weighted by molar-refractivity contribution is 5.13. The highest BCUT2D eigenvalue weighted by atomic mass is 19.1. The first-order valence-corrected chi connectivity index (χ1v) is 16.2. The van der Waals surface area contributed by atoms with E-state index in [1.54, 1.807) is 18.5 Å². The molecule has 0 N–H and O–H groups in total. The van der Waals surface area contributed by atoms with Crippen molar-refractivity contribution >= 4 is 0 Å². The summed E-state index contributed by atoms with van der Waals surface area (Å²) in [6, 6.07) is 6.28. The zero-order chi connectivity index (χ0) is 34.7. The molecule has 0 amide bonds. The lowest BCUT2D eigenvalue weighted by atomic mass is 10.1. The molecule has 0 saturated heterocycles. The molecule has 45 heavy (non-hydrogen) atoms. The van der Waals surface area contributed by atoms with Gasteiger partial charge in [-0.1, -0.05) is 0 Å². The van der Waals surface area contributed by atoms with Gasteiger partial charge < -0.3 is 0 Å². The molecule has 4 aromatic heterocycles. The van der Waals surface area contributed by atoms with Crippen molar-refractivity contribution in [2.24, 2.45) is 0 Å². The van der Waals surface area contributed by atoms with E-state index in [9.17, 15) is 4.39 Å². The molecule has 0 aliphatic heterocycles. The Balaban J connectivity index is 0.000000210. The molecule has 252 valence electrons. The lowest BCUT2D eigenvalue weighted by molar-refractivity contribution is 0.344. The van der Waals surface area contributed by atoms with Gasteiger partial charge in [0.25, 0.3) is 0 Å². The summed E-state index contributed by atoms with van der Waals surface area (Å²) in [5, 5.41) is 17.4. The number of aromatic nitrogens is 8. The van der Waals surface area contributed by atoms with E-state index in [0.29, 0.717) is 11.4 Å². The molecule has 1 fully saturated rings. The second-order valence-electron chi connectivity index (χ2n) is 16.3. The topological polar surface area (TPSA) is 71.3 Å². The van der Waals surface area contributed by atoms with Crippen LogP contribution in [0.25, 0.3) is 0 Å². The van der Waals surface area contributed by atoms with Crippen LogP contribution in [0.3, 0.4) is 0 Å². The molecule has 0 spiro atoms. The predicted octanol–water partition coefficient (Wildman–Crippen LogP) is 9.11. The van der Waals surface area contributed by atoms with Crippen LogP contribution in [-0.4, -0.2) is 39.1 Å². The van der Waals surface area contributed by atoms with E-state index in [-0.39, 0.29) is 28.0 Å². The number of hydrogen-bond acceptors (Lipinski definition) is 4. The van der Waals surface area contributed by atoms with Crippen molar-refractivity contribution in [2.75, 3.05) is 0 Å². The van der Waals surface area contributed by atoms with E-state index < -0.39 is 0 Å². The third-order valence-electron chi connectivity index (χ3n) is 7.19. The zero-order valence-corrected chi connectivity index (χ0v) is 31.3. The standard InChI is InChI=1S/C10H16N2.C9H15FN2.C9H16N2.C8H14N2/c1-10(2,3)12-7-6-9(11-12)8-4-5-8;1-6-8(10)7(2)12(11-6)9(3,4)5;1-7-6-8(2)11(10-7)9(3,4)5;1-7-5-6-10(9-7)8(2,3)4/h6-8H,4-5H2,1-3H3;1-5H3;6H,1-5H3;5-6H,1-4H3. The molecule has 4 heterocycles. The van der Waals surface area contributed by atoms with E-state index in [4.69, 9.17) is 0 Å². The summed E-state index contributed by atoms with van der Waals surface area (Å²) >= 11 is 0. The van der Waals surface area contributed by atoms with Crippen molar-refractivity contribution in [3.05, 3.63) is 70.6 Å². The number of rotatable bonds is 1. The number of nitrogens with zero attached hydrogens (tertiary/aromatic N) is 8. The fourth-order valence-electron chi connectivity index (χ4n) is 4.68. The second kappa shape index (κ2) is 14.0.